The van der Waals surface area contributed by atoms with Gasteiger partial charge in [0, 0.05) is 17.6 Å². The summed E-state index contributed by atoms with van der Waals surface area (Å²) in [6, 6.07) is 0. The van der Waals surface area contributed by atoms with Crippen LogP contribution in [-0.2, 0) is 0 Å². The minimum Gasteiger partial charge on any atom is -0.311 e. The Morgan fingerprint density at radius 2 is 1.62 bits per heavy atom. The molecule has 3 radical (unpaired) electrons. The second-order valence-electron chi connectivity index (χ2n) is 1.63. The van der Waals surface area contributed by atoms with Crippen molar-refractivity contribution >= 4 is 46.7 Å². The molecule has 1 aliphatic rings. The van der Waals surface area contributed by atoms with Gasteiger partial charge in [-0.15, -0.1) is 0 Å². The molecule has 1 nitrogen and oxygen atoms in total. The van der Waals surface area contributed by atoms with E-state index in [4.69, 9.17) is 0 Å². The lowest BCUT2D eigenvalue weighted by Gasteiger charge is -2.22. The molecule has 0 aliphatic carbocycles. The molecule has 1 N–H and O–H groups in total. The van der Waals surface area contributed by atoms with Crippen LogP contribution < -0.4 is 5.32 Å². The first-order valence-electron chi connectivity index (χ1n) is 2.43. The zero-order valence-electron chi connectivity index (χ0n) is 4.28. The fraction of sp³-hybridized carbons (Fsp3) is 1.00. The van der Waals surface area contributed by atoms with Crippen molar-refractivity contribution in [3.63, 3.8) is 0 Å². The summed E-state index contributed by atoms with van der Waals surface area (Å²) in [5.74, 6) is 0. The largest absolute Gasteiger partial charge is 0.311 e. The standard InChI is InChI=1S/C2H5B3NS2/c7-1-3-5-4-2(8)6-1/h1-2,6-8H. The Bertz CT molecular complexity index is 73.7. The molecule has 0 aromatic rings. The number of hydrogen-bond donors (Lipinski definition) is 3. The van der Waals surface area contributed by atoms with Crippen molar-refractivity contribution in [2.45, 2.75) is 10.5 Å². The molecule has 2 atom stereocenters. The predicted octanol–water partition coefficient (Wildman–Crippen LogP) is -1.04. The van der Waals surface area contributed by atoms with E-state index in [2.05, 4.69) is 30.6 Å². The molecule has 1 aliphatic heterocycles. The number of nitrogens with one attached hydrogen (secondary N) is 1. The van der Waals surface area contributed by atoms with Crippen molar-refractivity contribution in [2.24, 2.45) is 0 Å². The van der Waals surface area contributed by atoms with Gasteiger partial charge in [-0.3, -0.25) is 0 Å². The SMILES string of the molecule is SC1[B][B][B]C(S)N1. The van der Waals surface area contributed by atoms with Crippen molar-refractivity contribution in [1.29, 1.82) is 0 Å². The predicted molar refractivity (Wildman–Crippen MR) is 45.9 cm³/mol. The van der Waals surface area contributed by atoms with Gasteiger partial charge in [0.05, 0.1) is 14.3 Å². The lowest BCUT2D eigenvalue weighted by Crippen LogP contribution is -2.50. The van der Waals surface area contributed by atoms with Gasteiger partial charge in [0.25, 0.3) is 0 Å². The van der Waals surface area contributed by atoms with E-state index in [1.54, 1.807) is 0 Å². The van der Waals surface area contributed by atoms with E-state index in [1.165, 1.54) is 0 Å². The molecule has 0 amide bonds. The molecular formula is C2H5B3NS2. The molecule has 1 saturated heterocycles. The molecule has 1 fully saturated rings. The van der Waals surface area contributed by atoms with Crippen molar-refractivity contribution in [1.82, 2.24) is 5.32 Å². The summed E-state index contributed by atoms with van der Waals surface area (Å²) in [7, 11) is 5.90. The van der Waals surface area contributed by atoms with Gasteiger partial charge in [-0.2, -0.15) is 25.3 Å². The fourth-order valence-electron chi connectivity index (χ4n) is 0.561. The average Bonchev–Trinajstić information content (AvgIpc) is 1.64. The highest BCUT2D eigenvalue weighted by Crippen LogP contribution is 1.97. The van der Waals surface area contributed by atoms with Crippen LogP contribution in [0.4, 0.5) is 0 Å². The fourth-order valence-corrected chi connectivity index (χ4v) is 1.20. The van der Waals surface area contributed by atoms with Crippen LogP contribution in [0.3, 0.4) is 0 Å². The zero-order chi connectivity index (χ0) is 5.98. The van der Waals surface area contributed by atoms with Crippen LogP contribution in [-0.4, -0.2) is 31.9 Å². The van der Waals surface area contributed by atoms with Gasteiger partial charge in [-0.05, 0) is 0 Å². The molecule has 6 heteroatoms. The van der Waals surface area contributed by atoms with E-state index in [0.29, 0.717) is 0 Å². The summed E-state index contributed by atoms with van der Waals surface area (Å²) >= 11 is 8.31. The highest BCUT2D eigenvalue weighted by Gasteiger charge is 2.15. The first-order valence-corrected chi connectivity index (χ1v) is 3.46. The summed E-state index contributed by atoms with van der Waals surface area (Å²) in [6.07, 6.45) is 0. The van der Waals surface area contributed by atoms with Crippen LogP contribution in [0.25, 0.3) is 0 Å². The Morgan fingerprint density at radius 1 is 1.12 bits per heavy atom. The lowest BCUT2D eigenvalue weighted by atomic mass is 9.17. The number of rotatable bonds is 0. The Labute approximate surface area is 62.9 Å². The van der Waals surface area contributed by atoms with Crippen LogP contribution in [0.1, 0.15) is 0 Å². The first-order chi connectivity index (χ1) is 3.79. The molecule has 0 aromatic carbocycles. The third kappa shape index (κ3) is 1.99. The van der Waals surface area contributed by atoms with Crippen LogP contribution in [0, 0.1) is 0 Å². The quantitative estimate of drug-likeness (QED) is 0.288. The maximum atomic E-state index is 4.15. The molecule has 1 heterocycles. The van der Waals surface area contributed by atoms with Crippen LogP contribution in [0.5, 0.6) is 0 Å². The van der Waals surface area contributed by atoms with E-state index in [-0.39, 0.29) is 10.5 Å². The Morgan fingerprint density at radius 3 is 1.88 bits per heavy atom. The van der Waals surface area contributed by atoms with E-state index < -0.39 is 0 Å². The van der Waals surface area contributed by atoms with Crippen molar-refractivity contribution in [3.05, 3.63) is 0 Å². The van der Waals surface area contributed by atoms with Gasteiger partial charge >= 0.3 is 0 Å². The summed E-state index contributed by atoms with van der Waals surface area (Å²) in [6.45, 7) is 0. The molecule has 0 spiro atoms. The van der Waals surface area contributed by atoms with Crippen LogP contribution in [0.2, 0.25) is 0 Å². The maximum absolute atomic E-state index is 4.15. The zero-order valence-corrected chi connectivity index (χ0v) is 6.07. The smallest absolute Gasteiger partial charge is 0.0921 e. The summed E-state index contributed by atoms with van der Waals surface area (Å²) in [4.78, 5) is 0. The maximum Gasteiger partial charge on any atom is 0.0921 e. The van der Waals surface area contributed by atoms with Gasteiger partial charge in [-0.25, -0.2) is 0 Å². The molecule has 2 unspecified atom stereocenters. The van der Waals surface area contributed by atoms with Crippen molar-refractivity contribution in [2.75, 3.05) is 0 Å². The topological polar surface area (TPSA) is 12.0 Å². The van der Waals surface area contributed by atoms with E-state index >= 15 is 0 Å². The Kier molecular flexibility index (Phi) is 2.73. The van der Waals surface area contributed by atoms with Crippen LogP contribution >= 0.6 is 25.3 Å². The second kappa shape index (κ2) is 3.13. The van der Waals surface area contributed by atoms with Gasteiger partial charge in [-0.1, -0.05) is 0 Å². The Hall–Kier alpha value is 0.855. The van der Waals surface area contributed by atoms with Gasteiger partial charge < -0.3 is 5.32 Å². The molecule has 1 rings (SSSR count). The van der Waals surface area contributed by atoms with Crippen LogP contribution in [0.15, 0.2) is 0 Å². The molecule has 39 valence electrons. The van der Waals surface area contributed by atoms with Gasteiger partial charge in [0.2, 0.25) is 0 Å². The second-order valence-corrected chi connectivity index (χ2v) is 2.75. The van der Waals surface area contributed by atoms with E-state index in [9.17, 15) is 0 Å². The molecule has 0 saturated carbocycles. The lowest BCUT2D eigenvalue weighted by molar-refractivity contribution is 0.850. The molecule has 0 bridgehead atoms. The molecular weight excluding hydrogens is 135 g/mol. The van der Waals surface area contributed by atoms with Crippen molar-refractivity contribution in [3.8, 4) is 0 Å². The monoisotopic (exact) mass is 140 g/mol. The summed E-state index contributed by atoms with van der Waals surface area (Å²) < 4.78 is 0. The number of thiol groups is 2. The molecule has 8 heavy (non-hydrogen) atoms. The van der Waals surface area contributed by atoms with E-state index in [1.807, 2.05) is 21.4 Å². The van der Waals surface area contributed by atoms with E-state index in [0.717, 1.165) is 0 Å². The van der Waals surface area contributed by atoms with Gasteiger partial charge in [0.15, 0.2) is 0 Å². The normalized spacial score (nSPS) is 36.8. The molecule has 0 aromatic heterocycles. The Balaban J connectivity index is 2.23. The van der Waals surface area contributed by atoms with Crippen molar-refractivity contribution < 1.29 is 0 Å². The third-order valence-electron chi connectivity index (χ3n) is 0.928. The number of hydrogen-bond acceptors (Lipinski definition) is 3. The van der Waals surface area contributed by atoms with Gasteiger partial charge in [0.1, 0.15) is 0 Å². The minimum atomic E-state index is 0.169. The average molecular weight is 140 g/mol. The third-order valence-corrected chi connectivity index (χ3v) is 1.57. The minimum absolute atomic E-state index is 0.169. The highest BCUT2D eigenvalue weighted by atomic mass is 32.1. The summed E-state index contributed by atoms with van der Waals surface area (Å²) in [5, 5.41) is 3.40. The first kappa shape index (κ1) is 6.97. The summed E-state index contributed by atoms with van der Waals surface area (Å²) in [5.41, 5.74) is 0. The highest BCUT2D eigenvalue weighted by molar-refractivity contribution is 7.85.